The summed E-state index contributed by atoms with van der Waals surface area (Å²) in [7, 11) is 1.83. The Balaban J connectivity index is 0.00000144. The van der Waals surface area contributed by atoms with Gasteiger partial charge in [0.2, 0.25) is 0 Å². The first-order valence-corrected chi connectivity index (χ1v) is 5.07. The molecule has 0 amide bonds. The summed E-state index contributed by atoms with van der Waals surface area (Å²) in [6.07, 6.45) is 5.60. The van der Waals surface area contributed by atoms with Gasteiger partial charge in [-0.15, -0.1) is 5.56 Å². The van der Waals surface area contributed by atoms with Crippen molar-refractivity contribution in [3.63, 3.8) is 0 Å². The molecule has 2 rings (SSSR count). The molecule has 0 bridgehead atoms. The van der Waals surface area contributed by atoms with E-state index in [0.29, 0.717) is 5.70 Å². The zero-order valence-electron chi connectivity index (χ0n) is 9.90. The Kier molecular flexibility index (Phi) is 5.08. The number of rotatable bonds is 1. The zero-order chi connectivity index (χ0) is 11.5. The van der Waals surface area contributed by atoms with Crippen molar-refractivity contribution in [2.45, 2.75) is 6.92 Å². The van der Waals surface area contributed by atoms with E-state index in [1.54, 1.807) is 11.0 Å². The molecular formula is C14H12NOY-. The van der Waals surface area contributed by atoms with Crippen molar-refractivity contribution in [3.8, 4) is 0 Å². The fourth-order valence-electron chi connectivity index (χ4n) is 1.57. The maximum atomic E-state index is 10.6. The molecular weight excluding hydrogens is 287 g/mol. The molecule has 1 aromatic rings. The summed E-state index contributed by atoms with van der Waals surface area (Å²) in [6.45, 7) is 2.01. The fourth-order valence-corrected chi connectivity index (χ4v) is 1.57. The van der Waals surface area contributed by atoms with Crippen LogP contribution in [0.2, 0.25) is 0 Å². The van der Waals surface area contributed by atoms with E-state index < -0.39 is 0 Å². The van der Waals surface area contributed by atoms with E-state index in [4.69, 9.17) is 0 Å². The number of carbonyl (C=O) groups excluding carboxylic acids is 1. The van der Waals surface area contributed by atoms with Crippen LogP contribution in [0.15, 0.2) is 42.2 Å². The molecule has 0 saturated carbocycles. The molecule has 0 fully saturated rings. The number of hydrogen-bond donors (Lipinski definition) is 0. The van der Waals surface area contributed by atoms with Crippen LogP contribution in [0.4, 0.5) is 0 Å². The molecule has 83 valence electrons. The van der Waals surface area contributed by atoms with E-state index in [-0.39, 0.29) is 32.7 Å². The molecule has 3 heteroatoms. The number of benzene rings is 1. The van der Waals surface area contributed by atoms with Crippen molar-refractivity contribution in [2.75, 3.05) is 7.05 Å². The molecule has 0 N–H and O–H groups in total. The Labute approximate surface area is 127 Å². The maximum absolute atomic E-state index is 10.6. The van der Waals surface area contributed by atoms with Crippen molar-refractivity contribution in [1.82, 2.24) is 4.90 Å². The molecule has 0 unspecified atom stereocenters. The summed E-state index contributed by atoms with van der Waals surface area (Å²) in [6, 6.07) is 9.18. The van der Waals surface area contributed by atoms with Gasteiger partial charge < -0.3 is 4.90 Å². The molecule has 0 aliphatic carbocycles. The molecule has 0 spiro atoms. The first kappa shape index (κ1) is 14.1. The fraction of sp³-hybridized carbons (Fsp3) is 0.143. The number of nitrogens with zero attached hydrogens (tertiary/aromatic N) is 1. The van der Waals surface area contributed by atoms with Gasteiger partial charge in [0.1, 0.15) is 5.70 Å². The molecule has 0 aromatic heterocycles. The summed E-state index contributed by atoms with van der Waals surface area (Å²) in [4.78, 5) is 12.3. The monoisotopic (exact) mass is 299 g/mol. The van der Waals surface area contributed by atoms with E-state index in [1.165, 1.54) is 0 Å². The predicted molar refractivity (Wildman–Crippen MR) is 64.1 cm³/mol. The van der Waals surface area contributed by atoms with Crippen molar-refractivity contribution in [3.05, 3.63) is 59.4 Å². The van der Waals surface area contributed by atoms with Gasteiger partial charge in [0.25, 0.3) is 0 Å². The number of aryl methyl sites for hydroxylation is 1. The summed E-state index contributed by atoms with van der Waals surface area (Å²) < 4.78 is 0. The van der Waals surface area contributed by atoms with Crippen LogP contribution in [0.1, 0.15) is 11.1 Å². The first-order valence-electron chi connectivity index (χ1n) is 5.07. The molecule has 1 radical (unpaired) electrons. The van der Waals surface area contributed by atoms with Crippen LogP contribution in [0.3, 0.4) is 0 Å². The smallest absolute Gasteiger partial charge is 0.150 e. The standard InChI is InChI=1S/C14H12NO.Y/c1-11-3-5-12(6-4-11)13-7-8-14(10-16)15(2)9-13;/h3,5-9H,1-2H3;/q-1;. The zero-order valence-corrected chi connectivity index (χ0v) is 12.7. The van der Waals surface area contributed by atoms with Crippen molar-refractivity contribution < 1.29 is 37.5 Å². The Morgan fingerprint density at radius 2 is 2.06 bits per heavy atom. The third kappa shape index (κ3) is 3.26. The second-order valence-electron chi connectivity index (χ2n) is 3.78. The second kappa shape index (κ2) is 6.11. The molecule has 1 aliphatic rings. The topological polar surface area (TPSA) is 20.3 Å². The van der Waals surface area contributed by atoms with Gasteiger partial charge in [-0.2, -0.15) is 29.8 Å². The Bertz CT molecular complexity index is 508. The van der Waals surface area contributed by atoms with Gasteiger partial charge in [0, 0.05) is 39.8 Å². The Morgan fingerprint density at radius 1 is 1.29 bits per heavy atom. The van der Waals surface area contributed by atoms with Gasteiger partial charge >= 0.3 is 0 Å². The van der Waals surface area contributed by atoms with Gasteiger partial charge in [-0.25, -0.2) is 4.79 Å². The molecule has 1 aliphatic heterocycles. The molecule has 1 heterocycles. The minimum absolute atomic E-state index is 0. The largest absolute Gasteiger partial charge is 0.343 e. The Morgan fingerprint density at radius 3 is 2.59 bits per heavy atom. The molecule has 1 aromatic carbocycles. The quantitative estimate of drug-likeness (QED) is 0.586. The van der Waals surface area contributed by atoms with E-state index >= 15 is 0 Å². The summed E-state index contributed by atoms with van der Waals surface area (Å²) in [5.41, 5.74) is 3.82. The van der Waals surface area contributed by atoms with Crippen molar-refractivity contribution in [1.29, 1.82) is 0 Å². The normalized spacial score (nSPS) is 13.9. The van der Waals surface area contributed by atoms with Crippen molar-refractivity contribution >= 4 is 11.5 Å². The van der Waals surface area contributed by atoms with Gasteiger partial charge in [-0.1, -0.05) is 18.6 Å². The van der Waals surface area contributed by atoms with Crippen LogP contribution in [0, 0.1) is 13.0 Å². The Hall–Kier alpha value is -0.946. The van der Waals surface area contributed by atoms with Crippen LogP contribution in [0.25, 0.3) is 5.57 Å². The van der Waals surface area contributed by atoms with Crippen molar-refractivity contribution in [2.24, 2.45) is 0 Å². The van der Waals surface area contributed by atoms with Gasteiger partial charge in [-0.3, -0.25) is 0 Å². The summed E-state index contributed by atoms with van der Waals surface area (Å²) >= 11 is 0. The van der Waals surface area contributed by atoms with E-state index in [0.717, 1.165) is 16.7 Å². The van der Waals surface area contributed by atoms with E-state index in [9.17, 15) is 4.79 Å². The first-order chi connectivity index (χ1) is 7.70. The van der Waals surface area contributed by atoms with Crippen LogP contribution in [-0.2, 0) is 37.5 Å². The predicted octanol–water partition coefficient (Wildman–Crippen LogP) is 2.35. The average Bonchev–Trinajstić information content (AvgIpc) is 2.30. The van der Waals surface area contributed by atoms with E-state index in [1.807, 2.05) is 50.4 Å². The van der Waals surface area contributed by atoms with Crippen LogP contribution in [-0.4, -0.2) is 17.9 Å². The summed E-state index contributed by atoms with van der Waals surface area (Å²) in [5, 5.41) is 0. The second-order valence-corrected chi connectivity index (χ2v) is 3.78. The van der Waals surface area contributed by atoms with E-state index in [2.05, 4.69) is 6.07 Å². The molecule has 17 heavy (non-hydrogen) atoms. The maximum Gasteiger partial charge on any atom is 0.150 e. The minimum atomic E-state index is 0. The number of allylic oxidation sites excluding steroid dienone is 3. The third-order valence-electron chi connectivity index (χ3n) is 2.54. The minimum Gasteiger partial charge on any atom is -0.343 e. The van der Waals surface area contributed by atoms with Crippen LogP contribution >= 0.6 is 0 Å². The van der Waals surface area contributed by atoms with Crippen LogP contribution in [0.5, 0.6) is 0 Å². The number of hydrogen-bond acceptors (Lipinski definition) is 2. The van der Waals surface area contributed by atoms with Gasteiger partial charge in [0.15, 0.2) is 5.94 Å². The summed E-state index contributed by atoms with van der Waals surface area (Å²) in [5.74, 6) is 1.89. The van der Waals surface area contributed by atoms with Crippen LogP contribution < -0.4 is 0 Å². The number of likely N-dealkylation sites (N-methyl/N-ethyl adjacent to an activating group) is 1. The molecule has 0 atom stereocenters. The third-order valence-corrected chi connectivity index (χ3v) is 2.54. The average molecular weight is 299 g/mol. The SMILES string of the molecule is Cc1[c-]cc(C2=CN(C)C(=C=O)C=C2)cc1.[Y]. The molecule has 2 nitrogen and oxygen atoms in total. The molecule has 0 saturated heterocycles. The van der Waals surface area contributed by atoms with Gasteiger partial charge in [-0.05, 0) is 12.3 Å². The van der Waals surface area contributed by atoms with Gasteiger partial charge in [0.05, 0.1) is 0 Å².